The van der Waals surface area contributed by atoms with Crippen molar-refractivity contribution in [2.24, 2.45) is 5.92 Å². The molecule has 2 atom stereocenters. The Balaban J connectivity index is 1.40. The minimum atomic E-state index is -0.490. The summed E-state index contributed by atoms with van der Waals surface area (Å²) in [6.45, 7) is 2.56. The van der Waals surface area contributed by atoms with Crippen LogP contribution in [0.5, 0.6) is 17.2 Å². The van der Waals surface area contributed by atoms with Crippen LogP contribution in [0.15, 0.2) is 72.8 Å². The fourth-order valence-corrected chi connectivity index (χ4v) is 5.48. The first-order valence-electron chi connectivity index (χ1n) is 12.8. The molecule has 2 saturated heterocycles. The van der Waals surface area contributed by atoms with Gasteiger partial charge in [-0.2, -0.15) is 0 Å². The SMILES string of the molecule is COc1ccc([C@@H]2[C@@H](C(=O)N3CCN(c4ccccc4OC)CC3)CC(=O)N2c2ccc(OC)cc2)cc1. The standard InChI is InChI=1S/C30H33N3O5/c1-36-23-12-8-21(9-13-23)29-25(20-28(34)33(29)22-10-14-24(37-2)15-11-22)30(35)32-18-16-31(17-19-32)26-6-4-5-7-27(26)38-3/h4-15,25,29H,16-20H2,1-3H3/t25-,29+/m0/s1. The molecule has 2 fully saturated rings. The number of rotatable bonds is 7. The highest BCUT2D eigenvalue weighted by Gasteiger charge is 2.47. The summed E-state index contributed by atoms with van der Waals surface area (Å²) in [6, 6.07) is 22.6. The van der Waals surface area contributed by atoms with E-state index in [0.29, 0.717) is 31.9 Å². The second-order valence-electron chi connectivity index (χ2n) is 9.47. The summed E-state index contributed by atoms with van der Waals surface area (Å²) < 4.78 is 16.2. The van der Waals surface area contributed by atoms with Crippen LogP contribution < -0.4 is 24.0 Å². The monoisotopic (exact) mass is 515 g/mol. The number of piperazine rings is 1. The van der Waals surface area contributed by atoms with Gasteiger partial charge in [0.05, 0.1) is 39.0 Å². The molecule has 0 unspecified atom stereocenters. The Morgan fingerprint density at radius 1 is 0.763 bits per heavy atom. The number of anilines is 2. The summed E-state index contributed by atoms with van der Waals surface area (Å²) in [6.07, 6.45) is 0.161. The highest BCUT2D eigenvalue weighted by atomic mass is 16.5. The van der Waals surface area contributed by atoms with E-state index in [-0.39, 0.29) is 18.2 Å². The van der Waals surface area contributed by atoms with Crippen LogP contribution in [-0.2, 0) is 9.59 Å². The summed E-state index contributed by atoms with van der Waals surface area (Å²) in [5, 5.41) is 0. The summed E-state index contributed by atoms with van der Waals surface area (Å²) in [4.78, 5) is 33.3. The van der Waals surface area contributed by atoms with E-state index in [1.807, 2.05) is 77.7 Å². The highest BCUT2D eigenvalue weighted by molar-refractivity contribution is 6.01. The van der Waals surface area contributed by atoms with Crippen LogP contribution in [0.25, 0.3) is 0 Å². The van der Waals surface area contributed by atoms with E-state index in [1.54, 1.807) is 26.2 Å². The summed E-state index contributed by atoms with van der Waals surface area (Å²) in [7, 11) is 4.90. The third-order valence-electron chi connectivity index (χ3n) is 7.46. The Morgan fingerprint density at radius 3 is 1.97 bits per heavy atom. The zero-order valence-corrected chi connectivity index (χ0v) is 22.0. The maximum absolute atomic E-state index is 14.0. The Labute approximate surface area is 223 Å². The van der Waals surface area contributed by atoms with Crippen LogP contribution in [-0.4, -0.2) is 64.2 Å². The summed E-state index contributed by atoms with van der Waals surface area (Å²) in [5.41, 5.74) is 2.67. The molecular formula is C30H33N3O5. The molecule has 2 aliphatic rings. The molecule has 8 nitrogen and oxygen atoms in total. The van der Waals surface area contributed by atoms with E-state index in [1.165, 1.54) is 0 Å². The van der Waals surface area contributed by atoms with Crippen molar-refractivity contribution in [3.8, 4) is 17.2 Å². The lowest BCUT2D eigenvalue weighted by atomic mass is 9.91. The van der Waals surface area contributed by atoms with Crippen molar-refractivity contribution in [1.82, 2.24) is 4.90 Å². The average Bonchev–Trinajstić information content (AvgIpc) is 3.33. The van der Waals surface area contributed by atoms with Crippen molar-refractivity contribution in [1.29, 1.82) is 0 Å². The predicted molar refractivity (Wildman–Crippen MR) is 146 cm³/mol. The Bertz CT molecular complexity index is 1270. The Morgan fingerprint density at radius 2 is 1.37 bits per heavy atom. The van der Waals surface area contributed by atoms with Crippen LogP contribution in [0.2, 0.25) is 0 Å². The number of carbonyl (C=O) groups excluding carboxylic acids is 2. The van der Waals surface area contributed by atoms with Gasteiger partial charge in [0.25, 0.3) is 0 Å². The Kier molecular flexibility index (Phi) is 7.40. The van der Waals surface area contributed by atoms with E-state index in [2.05, 4.69) is 4.90 Å². The molecule has 2 heterocycles. The number of amides is 2. The molecule has 0 bridgehead atoms. The quantitative estimate of drug-likeness (QED) is 0.471. The molecule has 0 aromatic heterocycles. The van der Waals surface area contributed by atoms with Crippen LogP contribution in [0.4, 0.5) is 11.4 Å². The Hall–Kier alpha value is -4.20. The summed E-state index contributed by atoms with van der Waals surface area (Å²) in [5.74, 6) is 1.71. The van der Waals surface area contributed by atoms with Gasteiger partial charge in [0.1, 0.15) is 17.2 Å². The molecule has 3 aromatic rings. The van der Waals surface area contributed by atoms with Gasteiger partial charge in [0.2, 0.25) is 11.8 Å². The maximum Gasteiger partial charge on any atom is 0.228 e. The molecule has 0 radical (unpaired) electrons. The van der Waals surface area contributed by atoms with Gasteiger partial charge in [-0.15, -0.1) is 0 Å². The lowest BCUT2D eigenvalue weighted by Crippen LogP contribution is -2.51. The number of methoxy groups -OCH3 is 3. The van der Waals surface area contributed by atoms with E-state index in [4.69, 9.17) is 14.2 Å². The average molecular weight is 516 g/mol. The van der Waals surface area contributed by atoms with Crippen molar-refractivity contribution < 1.29 is 23.8 Å². The van der Waals surface area contributed by atoms with E-state index >= 15 is 0 Å². The van der Waals surface area contributed by atoms with E-state index < -0.39 is 12.0 Å². The van der Waals surface area contributed by atoms with Gasteiger partial charge in [0.15, 0.2) is 0 Å². The van der Waals surface area contributed by atoms with E-state index in [0.717, 1.165) is 28.4 Å². The molecule has 198 valence electrons. The number of para-hydroxylation sites is 2. The molecule has 0 saturated carbocycles. The molecule has 8 heteroatoms. The maximum atomic E-state index is 14.0. The second-order valence-corrected chi connectivity index (χ2v) is 9.47. The smallest absolute Gasteiger partial charge is 0.228 e. The first kappa shape index (κ1) is 25.4. The van der Waals surface area contributed by atoms with E-state index in [9.17, 15) is 9.59 Å². The van der Waals surface area contributed by atoms with Crippen LogP contribution in [0.3, 0.4) is 0 Å². The number of nitrogens with zero attached hydrogens (tertiary/aromatic N) is 3. The minimum Gasteiger partial charge on any atom is -0.497 e. The molecule has 3 aromatic carbocycles. The van der Waals surface area contributed by atoms with Crippen molar-refractivity contribution in [2.45, 2.75) is 12.5 Å². The zero-order chi connectivity index (χ0) is 26.6. The number of benzene rings is 3. The van der Waals surface area contributed by atoms with Gasteiger partial charge in [-0.3, -0.25) is 9.59 Å². The summed E-state index contributed by atoms with van der Waals surface area (Å²) >= 11 is 0. The molecule has 0 N–H and O–H groups in total. The number of carbonyl (C=O) groups is 2. The van der Waals surface area contributed by atoms with Crippen molar-refractivity contribution in [3.05, 3.63) is 78.4 Å². The fraction of sp³-hybridized carbons (Fsp3) is 0.333. The van der Waals surface area contributed by atoms with Crippen molar-refractivity contribution >= 4 is 23.2 Å². The zero-order valence-electron chi connectivity index (χ0n) is 22.0. The van der Waals surface area contributed by atoms with Gasteiger partial charge < -0.3 is 28.9 Å². The van der Waals surface area contributed by atoms with Gasteiger partial charge >= 0.3 is 0 Å². The lowest BCUT2D eigenvalue weighted by molar-refractivity contribution is -0.136. The van der Waals surface area contributed by atoms with Gasteiger partial charge in [0, 0.05) is 38.3 Å². The second kappa shape index (κ2) is 11.0. The highest BCUT2D eigenvalue weighted by Crippen LogP contribution is 2.43. The third kappa shape index (κ3) is 4.86. The topological polar surface area (TPSA) is 71.6 Å². The van der Waals surface area contributed by atoms with Gasteiger partial charge in [-0.1, -0.05) is 24.3 Å². The molecule has 0 spiro atoms. The lowest BCUT2D eigenvalue weighted by Gasteiger charge is -2.38. The molecule has 2 amide bonds. The predicted octanol–water partition coefficient (Wildman–Crippen LogP) is 4.16. The van der Waals surface area contributed by atoms with Crippen molar-refractivity contribution in [3.63, 3.8) is 0 Å². The normalized spacial score (nSPS) is 19.4. The molecular weight excluding hydrogens is 482 g/mol. The van der Waals surface area contributed by atoms with Gasteiger partial charge in [-0.25, -0.2) is 0 Å². The largest absolute Gasteiger partial charge is 0.497 e. The molecule has 0 aliphatic carbocycles. The van der Waals surface area contributed by atoms with Gasteiger partial charge in [-0.05, 0) is 54.1 Å². The first-order valence-corrected chi connectivity index (χ1v) is 12.8. The molecule has 38 heavy (non-hydrogen) atoms. The van der Waals surface area contributed by atoms with Crippen molar-refractivity contribution in [2.75, 3.05) is 57.3 Å². The first-order chi connectivity index (χ1) is 18.5. The molecule has 5 rings (SSSR count). The van der Waals surface area contributed by atoms with Crippen LogP contribution >= 0.6 is 0 Å². The third-order valence-corrected chi connectivity index (χ3v) is 7.46. The molecule has 2 aliphatic heterocycles. The van der Waals surface area contributed by atoms with Crippen LogP contribution in [0, 0.1) is 5.92 Å². The minimum absolute atomic E-state index is 0.00913. The number of hydrogen-bond acceptors (Lipinski definition) is 6. The van der Waals surface area contributed by atoms with Crippen LogP contribution in [0.1, 0.15) is 18.0 Å². The fourth-order valence-electron chi connectivity index (χ4n) is 5.48. The number of hydrogen-bond donors (Lipinski definition) is 0. The number of ether oxygens (including phenoxy) is 3.